The number of thiophene rings is 1. The second-order valence-electron chi connectivity index (χ2n) is 8.75. The highest BCUT2D eigenvalue weighted by molar-refractivity contribution is 7.85. The van der Waals surface area contributed by atoms with Crippen LogP contribution in [0.15, 0.2) is 57.8 Å². The molecule has 1 aromatic heterocycles. The first-order chi connectivity index (χ1) is 15.4. The number of benzene rings is 2. The molecule has 1 N–H and O–H groups in total. The van der Waals surface area contributed by atoms with Crippen LogP contribution in [0.3, 0.4) is 0 Å². The second kappa shape index (κ2) is 9.74. The van der Waals surface area contributed by atoms with Crippen LogP contribution in [0.5, 0.6) is 0 Å². The van der Waals surface area contributed by atoms with Crippen molar-refractivity contribution in [3.8, 4) is 0 Å². The molecule has 3 nitrogen and oxygen atoms in total. The van der Waals surface area contributed by atoms with Crippen molar-refractivity contribution in [1.82, 2.24) is 5.32 Å². The SMILES string of the molecule is CC(C)=Cc1cc(C)c(CNCCCN2c3ccccc3S(=O)c3ccc(C)c(C)c32)s1. The highest BCUT2D eigenvalue weighted by atomic mass is 32.2. The standard InChI is InChI=1S/C27H32N2OS2/c1-18(2)15-22-16-20(4)24(31-22)17-28-13-8-14-29-23-9-6-7-10-25(23)32(30)26-12-11-19(3)21(5)27(26)29/h6-7,9-12,15-16,28H,8,13-14,17H2,1-5H3. The van der Waals surface area contributed by atoms with E-state index in [1.165, 1.54) is 32.0 Å². The molecule has 1 aliphatic heterocycles. The predicted octanol–water partition coefficient (Wildman–Crippen LogP) is 6.89. The highest BCUT2D eigenvalue weighted by Crippen LogP contribution is 2.44. The molecule has 1 aliphatic rings. The summed E-state index contributed by atoms with van der Waals surface area (Å²) in [7, 11) is -1.13. The van der Waals surface area contributed by atoms with Crippen LogP contribution in [-0.4, -0.2) is 17.3 Å². The molecule has 32 heavy (non-hydrogen) atoms. The van der Waals surface area contributed by atoms with Crippen molar-refractivity contribution in [1.29, 1.82) is 0 Å². The number of allylic oxidation sites excluding steroid dienone is 1. The maximum absolute atomic E-state index is 13.2. The van der Waals surface area contributed by atoms with E-state index in [1.54, 1.807) is 0 Å². The summed E-state index contributed by atoms with van der Waals surface area (Å²) < 4.78 is 13.2. The molecule has 5 heteroatoms. The van der Waals surface area contributed by atoms with E-state index in [4.69, 9.17) is 0 Å². The van der Waals surface area contributed by atoms with Gasteiger partial charge in [0.05, 0.1) is 32.0 Å². The molecular formula is C27H32N2OS2. The third-order valence-corrected chi connectivity index (χ3v) is 8.64. The summed E-state index contributed by atoms with van der Waals surface area (Å²) in [6.45, 7) is 13.5. The minimum atomic E-state index is -1.13. The van der Waals surface area contributed by atoms with Crippen LogP contribution in [-0.2, 0) is 17.3 Å². The van der Waals surface area contributed by atoms with Gasteiger partial charge in [-0.2, -0.15) is 0 Å². The first kappa shape index (κ1) is 23.0. The molecule has 2 heterocycles. The Balaban J connectivity index is 1.46. The molecule has 3 aromatic rings. The molecule has 2 aromatic carbocycles. The van der Waals surface area contributed by atoms with E-state index in [2.05, 4.69) is 69.1 Å². The minimum absolute atomic E-state index is 0.894. The van der Waals surface area contributed by atoms with Gasteiger partial charge in [-0.25, -0.2) is 4.21 Å². The van der Waals surface area contributed by atoms with Crippen LogP contribution in [0.1, 0.15) is 46.7 Å². The van der Waals surface area contributed by atoms with Gasteiger partial charge in [0.15, 0.2) is 0 Å². The number of nitrogens with zero attached hydrogens (tertiary/aromatic N) is 1. The first-order valence-electron chi connectivity index (χ1n) is 11.2. The lowest BCUT2D eigenvalue weighted by Gasteiger charge is -2.34. The molecule has 0 spiro atoms. The van der Waals surface area contributed by atoms with Crippen LogP contribution in [0, 0.1) is 20.8 Å². The number of hydrogen-bond acceptors (Lipinski definition) is 4. The number of nitrogens with one attached hydrogen (secondary N) is 1. The van der Waals surface area contributed by atoms with E-state index in [0.717, 1.165) is 47.2 Å². The van der Waals surface area contributed by atoms with E-state index in [9.17, 15) is 4.21 Å². The van der Waals surface area contributed by atoms with Gasteiger partial charge in [-0.3, -0.25) is 0 Å². The van der Waals surface area contributed by atoms with Crippen molar-refractivity contribution in [2.24, 2.45) is 0 Å². The maximum atomic E-state index is 13.2. The van der Waals surface area contributed by atoms with Gasteiger partial charge >= 0.3 is 0 Å². The highest BCUT2D eigenvalue weighted by Gasteiger charge is 2.29. The molecule has 4 rings (SSSR count). The van der Waals surface area contributed by atoms with E-state index >= 15 is 0 Å². The summed E-state index contributed by atoms with van der Waals surface area (Å²) in [5.41, 5.74) is 7.36. The molecule has 0 amide bonds. The molecule has 0 fully saturated rings. The van der Waals surface area contributed by atoms with E-state index in [0.29, 0.717) is 0 Å². The largest absolute Gasteiger partial charge is 0.339 e. The zero-order valence-corrected chi connectivity index (χ0v) is 21.3. The monoisotopic (exact) mass is 464 g/mol. The predicted molar refractivity (Wildman–Crippen MR) is 139 cm³/mol. The Hall–Kier alpha value is -2.21. The number of anilines is 2. The Bertz CT molecular complexity index is 1190. The van der Waals surface area contributed by atoms with Gasteiger partial charge in [0.25, 0.3) is 0 Å². The number of hydrogen-bond donors (Lipinski definition) is 1. The lowest BCUT2D eigenvalue weighted by molar-refractivity contribution is 0.650. The molecule has 168 valence electrons. The van der Waals surface area contributed by atoms with Gasteiger partial charge in [-0.15, -0.1) is 11.3 Å². The Labute approximate surface area is 198 Å². The molecule has 0 saturated carbocycles. The normalized spacial score (nSPS) is 14.8. The topological polar surface area (TPSA) is 32.3 Å². The Morgan fingerprint density at radius 3 is 2.62 bits per heavy atom. The Morgan fingerprint density at radius 2 is 1.84 bits per heavy atom. The number of para-hydroxylation sites is 1. The number of aryl methyl sites for hydroxylation is 2. The second-order valence-corrected chi connectivity index (χ2v) is 11.3. The summed E-state index contributed by atoms with van der Waals surface area (Å²) in [6, 6.07) is 14.5. The average molecular weight is 465 g/mol. The molecule has 1 unspecified atom stereocenters. The first-order valence-corrected chi connectivity index (χ1v) is 13.2. The van der Waals surface area contributed by atoms with Gasteiger partial charge in [0.1, 0.15) is 0 Å². The van der Waals surface area contributed by atoms with Crippen LogP contribution >= 0.6 is 11.3 Å². The van der Waals surface area contributed by atoms with Crippen molar-refractivity contribution < 1.29 is 4.21 Å². The Kier molecular flexibility index (Phi) is 6.99. The third kappa shape index (κ3) is 4.61. The lowest BCUT2D eigenvalue weighted by Crippen LogP contribution is -2.28. The van der Waals surface area contributed by atoms with E-state index in [1.807, 2.05) is 35.6 Å². The number of rotatable bonds is 7. The summed E-state index contributed by atoms with van der Waals surface area (Å²) in [4.78, 5) is 6.96. The fourth-order valence-electron chi connectivity index (χ4n) is 4.21. The summed E-state index contributed by atoms with van der Waals surface area (Å²) in [6.07, 6.45) is 3.26. The molecule has 0 bridgehead atoms. The average Bonchev–Trinajstić information content (AvgIpc) is 3.10. The minimum Gasteiger partial charge on any atom is -0.339 e. The van der Waals surface area contributed by atoms with E-state index < -0.39 is 10.8 Å². The van der Waals surface area contributed by atoms with Crippen molar-refractivity contribution in [2.75, 3.05) is 18.0 Å². The summed E-state index contributed by atoms with van der Waals surface area (Å²) in [5, 5.41) is 3.63. The third-order valence-electron chi connectivity index (χ3n) is 5.98. The lowest BCUT2D eigenvalue weighted by atomic mass is 10.1. The van der Waals surface area contributed by atoms with E-state index in [-0.39, 0.29) is 0 Å². The smallest absolute Gasteiger partial charge is 0.0892 e. The molecule has 0 aliphatic carbocycles. The zero-order chi connectivity index (χ0) is 22.8. The van der Waals surface area contributed by atoms with Gasteiger partial charge in [0, 0.05) is 22.8 Å². The molecular weight excluding hydrogens is 432 g/mol. The van der Waals surface area contributed by atoms with Crippen molar-refractivity contribution in [3.63, 3.8) is 0 Å². The van der Waals surface area contributed by atoms with Gasteiger partial charge in [-0.1, -0.05) is 23.8 Å². The fraction of sp³-hybridized carbons (Fsp3) is 0.333. The quantitative estimate of drug-likeness (QED) is 0.386. The van der Waals surface area contributed by atoms with Gasteiger partial charge < -0.3 is 10.2 Å². The van der Waals surface area contributed by atoms with Crippen LogP contribution in [0.2, 0.25) is 0 Å². The summed E-state index contributed by atoms with van der Waals surface area (Å²) in [5.74, 6) is 0. The van der Waals surface area contributed by atoms with Crippen LogP contribution in [0.25, 0.3) is 6.08 Å². The fourth-order valence-corrected chi connectivity index (χ4v) is 6.86. The van der Waals surface area contributed by atoms with Gasteiger partial charge in [0.2, 0.25) is 0 Å². The van der Waals surface area contributed by atoms with Gasteiger partial charge in [-0.05, 0) is 94.6 Å². The van der Waals surface area contributed by atoms with Crippen molar-refractivity contribution in [2.45, 2.75) is 57.4 Å². The van der Waals surface area contributed by atoms with Crippen molar-refractivity contribution in [3.05, 3.63) is 74.5 Å². The van der Waals surface area contributed by atoms with Crippen molar-refractivity contribution >= 4 is 39.6 Å². The zero-order valence-electron chi connectivity index (χ0n) is 19.6. The Morgan fingerprint density at radius 1 is 1.06 bits per heavy atom. The van der Waals surface area contributed by atoms with Crippen LogP contribution in [0.4, 0.5) is 11.4 Å². The van der Waals surface area contributed by atoms with Crippen LogP contribution < -0.4 is 10.2 Å². The summed E-state index contributed by atoms with van der Waals surface area (Å²) >= 11 is 1.88. The molecule has 0 radical (unpaired) electrons. The molecule has 1 atom stereocenters. The maximum Gasteiger partial charge on any atom is 0.0892 e. The number of fused-ring (bicyclic) bond motifs is 2. The molecule has 0 saturated heterocycles.